The zero-order valence-corrected chi connectivity index (χ0v) is 15.8. The average molecular weight is 348 g/mol. The van der Waals surface area contributed by atoms with Crippen LogP contribution in [0, 0.1) is 0 Å². The summed E-state index contributed by atoms with van der Waals surface area (Å²) < 4.78 is 5.20. The molecule has 6 heteroatoms. The second-order valence-corrected chi connectivity index (χ2v) is 7.39. The largest absolute Gasteiger partial charge is 0.507 e. The maximum Gasteiger partial charge on any atom is 0.416 e. The Bertz CT molecular complexity index is 707. The molecule has 2 aromatic rings. The van der Waals surface area contributed by atoms with Gasteiger partial charge in [-0.2, -0.15) is 0 Å². The van der Waals surface area contributed by atoms with Crippen LogP contribution < -0.4 is 4.74 Å². The van der Waals surface area contributed by atoms with Gasteiger partial charge in [-0.15, -0.1) is 0 Å². The third kappa shape index (κ3) is 3.87. The fourth-order valence-corrected chi connectivity index (χ4v) is 2.98. The molecule has 0 fully saturated rings. The average Bonchev–Trinajstić information content (AvgIpc) is 2.95. The van der Waals surface area contributed by atoms with E-state index in [1.165, 1.54) is 16.2 Å². The van der Waals surface area contributed by atoms with E-state index in [0.717, 1.165) is 22.4 Å². The zero-order valence-electron chi connectivity index (χ0n) is 15.0. The number of amides is 1. The van der Waals surface area contributed by atoms with Crippen molar-refractivity contribution in [3.05, 3.63) is 28.6 Å². The minimum atomic E-state index is -0.452. The molecule has 0 bridgehead atoms. The molecule has 0 aliphatic rings. The van der Waals surface area contributed by atoms with Gasteiger partial charge in [-0.3, -0.25) is 0 Å². The number of phenols is 1. The first-order valence-electron chi connectivity index (χ1n) is 7.92. The number of carbonyl (C=O) groups is 1. The van der Waals surface area contributed by atoms with Gasteiger partial charge >= 0.3 is 6.09 Å². The van der Waals surface area contributed by atoms with Gasteiger partial charge in [-0.05, 0) is 35.1 Å². The molecule has 0 aliphatic carbocycles. The molecule has 0 aliphatic heterocycles. The molecule has 130 valence electrons. The summed E-state index contributed by atoms with van der Waals surface area (Å²) in [6.45, 7) is 8.20. The summed E-state index contributed by atoms with van der Waals surface area (Å²) in [5.74, 6) is 0.762. The van der Waals surface area contributed by atoms with Gasteiger partial charge in [0.05, 0.1) is 5.69 Å². The molecule has 2 rings (SSSR count). The van der Waals surface area contributed by atoms with Crippen LogP contribution in [0.15, 0.2) is 17.5 Å². The smallest absolute Gasteiger partial charge is 0.416 e. The van der Waals surface area contributed by atoms with Gasteiger partial charge in [-0.25, -0.2) is 9.78 Å². The molecule has 0 radical (unpaired) electrons. The Balaban J connectivity index is 2.42. The first-order chi connectivity index (χ1) is 11.2. The van der Waals surface area contributed by atoms with Crippen molar-refractivity contribution in [1.82, 2.24) is 9.88 Å². The molecule has 5 nitrogen and oxygen atoms in total. The maximum atomic E-state index is 11.6. The van der Waals surface area contributed by atoms with Crippen LogP contribution in [0.25, 0.3) is 11.3 Å². The summed E-state index contributed by atoms with van der Waals surface area (Å²) in [6.07, 6.45) is -0.452. The van der Waals surface area contributed by atoms with E-state index in [1.807, 2.05) is 45.2 Å². The van der Waals surface area contributed by atoms with Gasteiger partial charge < -0.3 is 14.7 Å². The standard InChI is InChI=1S/C18H24N2O3S/c1-10(2)13-7-12(8-14(11(3)4)16(13)21)15-9-24-17(19-15)23-18(22)20(5)6/h7-11,21H,1-6H3. The fourth-order valence-electron chi connectivity index (χ4n) is 2.31. The lowest BCUT2D eigenvalue weighted by Crippen LogP contribution is -2.25. The molecule has 0 saturated carbocycles. The lowest BCUT2D eigenvalue weighted by atomic mass is 9.91. The summed E-state index contributed by atoms with van der Waals surface area (Å²) in [6, 6.07) is 3.91. The first kappa shape index (κ1) is 18.3. The van der Waals surface area contributed by atoms with Crippen LogP contribution in [-0.4, -0.2) is 35.2 Å². The maximum absolute atomic E-state index is 11.6. The highest BCUT2D eigenvalue weighted by Crippen LogP contribution is 2.38. The molecule has 1 heterocycles. The number of hydrogen-bond acceptors (Lipinski definition) is 5. The Morgan fingerprint density at radius 1 is 1.17 bits per heavy atom. The third-order valence-corrected chi connectivity index (χ3v) is 4.45. The molecule has 1 aromatic carbocycles. The van der Waals surface area contributed by atoms with Crippen LogP contribution in [0.3, 0.4) is 0 Å². The minimum absolute atomic E-state index is 0.201. The predicted molar refractivity (Wildman–Crippen MR) is 97.1 cm³/mol. The van der Waals surface area contributed by atoms with Crippen molar-refractivity contribution in [1.29, 1.82) is 0 Å². The normalized spacial score (nSPS) is 11.2. The Kier molecular flexibility index (Phi) is 5.49. The Hall–Kier alpha value is -2.08. The van der Waals surface area contributed by atoms with Crippen molar-refractivity contribution in [2.24, 2.45) is 0 Å². The third-order valence-electron chi connectivity index (χ3n) is 3.73. The molecule has 0 saturated heterocycles. The van der Waals surface area contributed by atoms with Crippen molar-refractivity contribution in [3.8, 4) is 22.2 Å². The summed E-state index contributed by atoms with van der Waals surface area (Å²) in [5, 5.41) is 12.7. The number of ether oxygens (including phenoxy) is 1. The molecule has 1 aromatic heterocycles. The van der Waals surface area contributed by atoms with Gasteiger partial charge in [0.2, 0.25) is 0 Å². The lowest BCUT2D eigenvalue weighted by Gasteiger charge is -2.17. The molecular formula is C18H24N2O3S. The fraction of sp³-hybridized carbons (Fsp3) is 0.444. The molecule has 0 atom stereocenters. The molecule has 0 unspecified atom stereocenters. The van der Waals surface area contributed by atoms with Crippen LogP contribution in [0.4, 0.5) is 4.79 Å². The number of aromatic hydroxyl groups is 1. The molecule has 0 spiro atoms. The zero-order chi connectivity index (χ0) is 18.0. The minimum Gasteiger partial charge on any atom is -0.507 e. The molecular weight excluding hydrogens is 324 g/mol. The van der Waals surface area contributed by atoms with Crippen LogP contribution in [0.5, 0.6) is 10.9 Å². The van der Waals surface area contributed by atoms with E-state index in [2.05, 4.69) is 4.98 Å². The van der Waals surface area contributed by atoms with Crippen LogP contribution in [0.1, 0.15) is 50.7 Å². The monoisotopic (exact) mass is 348 g/mol. The summed E-state index contributed by atoms with van der Waals surface area (Å²) in [4.78, 5) is 17.4. The number of phenolic OH excluding ortho intramolecular Hbond substituents is 1. The van der Waals surface area contributed by atoms with E-state index < -0.39 is 6.09 Å². The molecule has 1 amide bonds. The van der Waals surface area contributed by atoms with Crippen molar-refractivity contribution < 1.29 is 14.6 Å². The summed E-state index contributed by atoms with van der Waals surface area (Å²) >= 11 is 1.28. The number of benzene rings is 1. The Morgan fingerprint density at radius 2 is 1.71 bits per heavy atom. The summed E-state index contributed by atoms with van der Waals surface area (Å²) in [7, 11) is 3.25. The van der Waals surface area contributed by atoms with Crippen LogP contribution >= 0.6 is 11.3 Å². The highest BCUT2D eigenvalue weighted by molar-refractivity contribution is 7.11. The van der Waals surface area contributed by atoms with Crippen LogP contribution in [0.2, 0.25) is 0 Å². The van der Waals surface area contributed by atoms with Gasteiger partial charge in [-0.1, -0.05) is 39.0 Å². The van der Waals surface area contributed by atoms with Gasteiger partial charge in [0.1, 0.15) is 5.75 Å². The van der Waals surface area contributed by atoms with E-state index in [4.69, 9.17) is 4.74 Å². The van der Waals surface area contributed by atoms with E-state index >= 15 is 0 Å². The van der Waals surface area contributed by atoms with Gasteiger partial charge in [0.25, 0.3) is 5.19 Å². The van der Waals surface area contributed by atoms with Crippen LogP contribution in [-0.2, 0) is 0 Å². The molecule has 1 N–H and O–H groups in total. The number of hydrogen-bond donors (Lipinski definition) is 1. The lowest BCUT2D eigenvalue weighted by molar-refractivity contribution is 0.172. The van der Waals surface area contributed by atoms with E-state index in [9.17, 15) is 9.90 Å². The van der Waals surface area contributed by atoms with E-state index in [0.29, 0.717) is 10.9 Å². The molecule has 24 heavy (non-hydrogen) atoms. The number of carbonyl (C=O) groups excluding carboxylic acids is 1. The van der Waals surface area contributed by atoms with Crippen molar-refractivity contribution in [2.75, 3.05) is 14.1 Å². The summed E-state index contributed by atoms with van der Waals surface area (Å²) in [5.41, 5.74) is 3.46. The highest BCUT2D eigenvalue weighted by Gasteiger charge is 2.18. The van der Waals surface area contributed by atoms with Crippen molar-refractivity contribution in [2.45, 2.75) is 39.5 Å². The SMILES string of the molecule is CC(C)c1cc(-c2csc(OC(=O)N(C)C)n2)cc(C(C)C)c1O. The number of rotatable bonds is 4. The number of thiazole rings is 1. The highest BCUT2D eigenvalue weighted by atomic mass is 32.1. The number of aromatic nitrogens is 1. The second-order valence-electron chi connectivity index (χ2n) is 6.57. The first-order valence-corrected chi connectivity index (χ1v) is 8.80. The predicted octanol–water partition coefficient (Wildman–Crippen LogP) is 4.82. The van der Waals surface area contributed by atoms with Crippen molar-refractivity contribution >= 4 is 17.4 Å². The van der Waals surface area contributed by atoms with Gasteiger partial charge in [0.15, 0.2) is 0 Å². The van der Waals surface area contributed by atoms with Gasteiger partial charge in [0, 0.05) is 25.0 Å². The second kappa shape index (κ2) is 7.21. The van der Waals surface area contributed by atoms with Crippen molar-refractivity contribution in [3.63, 3.8) is 0 Å². The van der Waals surface area contributed by atoms with E-state index in [-0.39, 0.29) is 11.8 Å². The number of nitrogens with zero attached hydrogens (tertiary/aromatic N) is 2. The van der Waals surface area contributed by atoms with E-state index in [1.54, 1.807) is 14.1 Å². The topological polar surface area (TPSA) is 62.7 Å². The quantitative estimate of drug-likeness (QED) is 0.860. The Labute approximate surface area is 146 Å². The Morgan fingerprint density at radius 3 is 2.17 bits per heavy atom.